The van der Waals surface area contributed by atoms with Crippen molar-refractivity contribution in [2.45, 2.75) is 70.1 Å². The van der Waals surface area contributed by atoms with Crippen molar-refractivity contribution in [1.82, 2.24) is 5.32 Å². The van der Waals surface area contributed by atoms with E-state index in [1.807, 2.05) is 0 Å². The highest BCUT2D eigenvalue weighted by atomic mass is 32.2. The van der Waals surface area contributed by atoms with Gasteiger partial charge in [-0.25, -0.2) is 8.42 Å². The first-order chi connectivity index (χ1) is 11.6. The van der Waals surface area contributed by atoms with E-state index in [1.54, 1.807) is 26.0 Å². The van der Waals surface area contributed by atoms with E-state index in [0.717, 1.165) is 12.8 Å². The Bertz CT molecular complexity index is 692. The average Bonchev–Trinajstić information content (AvgIpc) is 2.54. The van der Waals surface area contributed by atoms with Crippen molar-refractivity contribution in [2.24, 2.45) is 17.8 Å². The topological polar surface area (TPSA) is 63.2 Å². The van der Waals surface area contributed by atoms with Gasteiger partial charge in [0, 0.05) is 11.6 Å². The van der Waals surface area contributed by atoms with E-state index in [1.165, 1.54) is 18.6 Å². The minimum Gasteiger partial charge on any atom is -0.349 e. The highest BCUT2D eigenvalue weighted by molar-refractivity contribution is 7.92. The highest BCUT2D eigenvalue weighted by Gasteiger charge is 2.31. The number of hydrogen-bond acceptors (Lipinski definition) is 3. The van der Waals surface area contributed by atoms with Crippen molar-refractivity contribution in [3.63, 3.8) is 0 Å². The van der Waals surface area contributed by atoms with Gasteiger partial charge in [-0.2, -0.15) is 0 Å². The largest absolute Gasteiger partial charge is 0.349 e. The molecular weight excluding hydrogens is 334 g/mol. The smallest absolute Gasteiger partial charge is 0.251 e. The first kappa shape index (κ1) is 20.0. The summed E-state index contributed by atoms with van der Waals surface area (Å²) in [6, 6.07) is 6.49. The van der Waals surface area contributed by atoms with Crippen molar-refractivity contribution < 1.29 is 13.2 Å². The number of sulfone groups is 1. The maximum Gasteiger partial charge on any atom is 0.251 e. The lowest BCUT2D eigenvalue weighted by molar-refractivity contribution is 0.0868. The summed E-state index contributed by atoms with van der Waals surface area (Å²) in [5.74, 6) is 1.55. The second-order valence-corrected chi connectivity index (χ2v) is 10.5. The van der Waals surface area contributed by atoms with Crippen LogP contribution < -0.4 is 5.32 Å². The van der Waals surface area contributed by atoms with Gasteiger partial charge in [0.2, 0.25) is 0 Å². The zero-order valence-electron chi connectivity index (χ0n) is 16.0. The predicted molar refractivity (Wildman–Crippen MR) is 101 cm³/mol. The van der Waals surface area contributed by atoms with Crippen molar-refractivity contribution in [3.05, 3.63) is 29.8 Å². The molecule has 1 fully saturated rings. The van der Waals surface area contributed by atoms with Crippen molar-refractivity contribution in [1.29, 1.82) is 0 Å². The fourth-order valence-corrected chi connectivity index (χ4v) is 4.75. The van der Waals surface area contributed by atoms with Gasteiger partial charge in [0.15, 0.2) is 9.84 Å². The molecule has 0 saturated heterocycles. The Labute approximate surface area is 152 Å². The molecule has 1 aromatic rings. The van der Waals surface area contributed by atoms with Gasteiger partial charge in [-0.1, -0.05) is 27.2 Å². The van der Waals surface area contributed by atoms with Crippen molar-refractivity contribution in [3.8, 4) is 0 Å². The fraction of sp³-hybridized carbons (Fsp3) is 0.650. The number of benzene rings is 1. The minimum atomic E-state index is -3.31. The van der Waals surface area contributed by atoms with E-state index < -0.39 is 15.1 Å². The molecule has 1 aromatic carbocycles. The van der Waals surface area contributed by atoms with Crippen LogP contribution in [-0.4, -0.2) is 25.6 Å². The monoisotopic (exact) mass is 365 g/mol. The third-order valence-corrected chi connectivity index (χ3v) is 7.57. The number of rotatable bonds is 5. The Morgan fingerprint density at radius 1 is 1.08 bits per heavy atom. The van der Waals surface area contributed by atoms with Crippen molar-refractivity contribution in [2.75, 3.05) is 0 Å². The SMILES string of the molecule is CC1CCC(C(C)C)C(NC(=O)c2ccc(S(=O)(=O)C(C)C)cc2)C1. The summed E-state index contributed by atoms with van der Waals surface area (Å²) in [5, 5.41) is 2.72. The van der Waals surface area contributed by atoms with Gasteiger partial charge >= 0.3 is 0 Å². The van der Waals surface area contributed by atoms with Gasteiger partial charge < -0.3 is 5.32 Å². The van der Waals surface area contributed by atoms with E-state index in [2.05, 4.69) is 26.1 Å². The zero-order valence-corrected chi connectivity index (χ0v) is 16.8. The summed E-state index contributed by atoms with van der Waals surface area (Å²) in [4.78, 5) is 12.9. The molecule has 3 unspecified atom stereocenters. The van der Waals surface area contributed by atoms with Crippen LogP contribution in [0.25, 0.3) is 0 Å². The number of carbonyl (C=O) groups excluding carboxylic acids is 1. The van der Waals surface area contributed by atoms with Crippen LogP contribution in [0.3, 0.4) is 0 Å². The second-order valence-electron chi connectivity index (χ2n) is 8.02. The number of nitrogens with one attached hydrogen (secondary N) is 1. The first-order valence-electron chi connectivity index (χ1n) is 9.27. The van der Waals surface area contributed by atoms with Crippen LogP contribution in [0.4, 0.5) is 0 Å². The Kier molecular flexibility index (Phi) is 6.30. The van der Waals surface area contributed by atoms with Gasteiger partial charge in [-0.05, 0) is 68.7 Å². The summed E-state index contributed by atoms with van der Waals surface area (Å²) >= 11 is 0. The van der Waals surface area contributed by atoms with Gasteiger partial charge in [0.1, 0.15) is 0 Å². The lowest BCUT2D eigenvalue weighted by Gasteiger charge is -2.37. The molecule has 4 nitrogen and oxygen atoms in total. The summed E-state index contributed by atoms with van der Waals surface area (Å²) < 4.78 is 24.4. The molecule has 2 rings (SSSR count). The van der Waals surface area contributed by atoms with E-state index in [-0.39, 0.29) is 16.8 Å². The number of hydrogen-bond donors (Lipinski definition) is 1. The molecule has 0 aromatic heterocycles. The lowest BCUT2D eigenvalue weighted by atomic mass is 9.74. The molecule has 1 aliphatic carbocycles. The molecular formula is C20H31NO3S. The van der Waals surface area contributed by atoms with Crippen LogP contribution in [-0.2, 0) is 9.84 Å². The lowest BCUT2D eigenvalue weighted by Crippen LogP contribution is -2.45. The van der Waals surface area contributed by atoms with Crippen LogP contribution in [0.1, 0.15) is 64.2 Å². The van der Waals surface area contributed by atoms with E-state index in [0.29, 0.717) is 23.3 Å². The van der Waals surface area contributed by atoms with Crippen LogP contribution in [0.5, 0.6) is 0 Å². The Morgan fingerprint density at radius 2 is 1.68 bits per heavy atom. The molecule has 0 spiro atoms. The molecule has 0 radical (unpaired) electrons. The van der Waals surface area contributed by atoms with Gasteiger partial charge in [-0.3, -0.25) is 4.79 Å². The highest BCUT2D eigenvalue weighted by Crippen LogP contribution is 2.33. The van der Waals surface area contributed by atoms with Crippen LogP contribution >= 0.6 is 0 Å². The van der Waals surface area contributed by atoms with Crippen LogP contribution in [0, 0.1) is 17.8 Å². The minimum absolute atomic E-state index is 0.113. The summed E-state index contributed by atoms with van der Waals surface area (Å²) in [6.07, 6.45) is 3.38. The Hall–Kier alpha value is -1.36. The Morgan fingerprint density at radius 3 is 2.20 bits per heavy atom. The average molecular weight is 366 g/mol. The first-order valence-corrected chi connectivity index (χ1v) is 10.8. The summed E-state index contributed by atoms with van der Waals surface area (Å²) in [6.45, 7) is 9.98. The van der Waals surface area contributed by atoms with Gasteiger partial charge in [-0.15, -0.1) is 0 Å². The van der Waals surface area contributed by atoms with Gasteiger partial charge in [0.25, 0.3) is 5.91 Å². The molecule has 1 aliphatic rings. The normalized spacial score (nSPS) is 24.5. The van der Waals surface area contributed by atoms with Gasteiger partial charge in [0.05, 0.1) is 10.1 Å². The quantitative estimate of drug-likeness (QED) is 0.856. The molecule has 3 atom stereocenters. The summed E-state index contributed by atoms with van der Waals surface area (Å²) in [7, 11) is -3.31. The molecule has 1 N–H and O–H groups in total. The molecule has 1 saturated carbocycles. The molecule has 0 aliphatic heterocycles. The third-order valence-electron chi connectivity index (χ3n) is 5.40. The van der Waals surface area contributed by atoms with E-state index in [4.69, 9.17) is 0 Å². The van der Waals surface area contributed by atoms with Crippen molar-refractivity contribution >= 4 is 15.7 Å². The number of carbonyl (C=O) groups is 1. The second kappa shape index (κ2) is 7.90. The van der Waals surface area contributed by atoms with Crippen LogP contribution in [0.2, 0.25) is 0 Å². The molecule has 140 valence electrons. The molecule has 0 heterocycles. The maximum atomic E-state index is 12.6. The van der Waals surface area contributed by atoms with Crippen LogP contribution in [0.15, 0.2) is 29.2 Å². The van der Waals surface area contributed by atoms with E-state index in [9.17, 15) is 13.2 Å². The van der Waals surface area contributed by atoms with E-state index >= 15 is 0 Å². The molecule has 25 heavy (non-hydrogen) atoms. The third kappa shape index (κ3) is 4.63. The predicted octanol–water partition coefficient (Wildman–Crippen LogP) is 4.06. The Balaban J connectivity index is 2.12. The fourth-order valence-electron chi connectivity index (χ4n) is 3.69. The number of amides is 1. The molecule has 5 heteroatoms. The molecule has 0 bridgehead atoms. The standard InChI is InChI=1S/C20H31NO3S/c1-13(2)18-11-6-15(5)12-19(18)21-20(22)16-7-9-17(10-8-16)25(23,24)14(3)4/h7-10,13-15,18-19H,6,11-12H2,1-5H3,(H,21,22). The molecule has 1 amide bonds. The maximum absolute atomic E-state index is 12.6. The summed E-state index contributed by atoms with van der Waals surface area (Å²) in [5.41, 5.74) is 0.517. The zero-order chi connectivity index (χ0) is 18.8.